The van der Waals surface area contributed by atoms with E-state index in [-0.39, 0.29) is 0 Å². The van der Waals surface area contributed by atoms with E-state index in [9.17, 15) is 0 Å². The summed E-state index contributed by atoms with van der Waals surface area (Å²) in [5.41, 5.74) is 1.11. The van der Waals surface area contributed by atoms with Crippen LogP contribution in [0.1, 0.15) is 31.2 Å². The van der Waals surface area contributed by atoms with Gasteiger partial charge in [-0.3, -0.25) is 0 Å². The van der Waals surface area contributed by atoms with E-state index in [2.05, 4.69) is 58.7 Å². The highest BCUT2D eigenvalue weighted by Gasteiger charge is 2.07. The highest BCUT2D eigenvalue weighted by atomic mass is 79.9. The molecule has 1 aromatic heterocycles. The van der Waals surface area contributed by atoms with Gasteiger partial charge in [-0.25, -0.2) is 0 Å². The standard InChI is InChI=1S/C15H18BrNOS/c1-3-8-18-14-6-4-13(5-7-14)17-11(2)15-9-12(16)10-19-15/h4-7,9-11,17H,3,8H2,1-2H3. The second-order valence-corrected chi connectivity index (χ2v) is 6.26. The lowest BCUT2D eigenvalue weighted by atomic mass is 10.2. The molecule has 1 unspecified atom stereocenters. The number of rotatable bonds is 6. The number of anilines is 1. The Labute approximate surface area is 126 Å². The molecule has 2 rings (SSSR count). The molecule has 0 saturated heterocycles. The molecule has 0 amide bonds. The van der Waals surface area contributed by atoms with Crippen molar-refractivity contribution >= 4 is 33.0 Å². The van der Waals surface area contributed by atoms with Crippen LogP contribution in [0.3, 0.4) is 0 Å². The Bertz CT molecular complexity index is 509. The molecule has 4 heteroatoms. The maximum Gasteiger partial charge on any atom is 0.119 e. The monoisotopic (exact) mass is 339 g/mol. The summed E-state index contributed by atoms with van der Waals surface area (Å²) in [6.07, 6.45) is 1.03. The SMILES string of the molecule is CCCOc1ccc(NC(C)c2cc(Br)cs2)cc1. The van der Waals surface area contributed by atoms with Crippen LogP contribution in [0.4, 0.5) is 5.69 Å². The van der Waals surface area contributed by atoms with Gasteiger partial charge in [0, 0.05) is 20.4 Å². The first kappa shape index (κ1) is 14.4. The van der Waals surface area contributed by atoms with Gasteiger partial charge in [0.1, 0.15) is 5.75 Å². The highest BCUT2D eigenvalue weighted by molar-refractivity contribution is 9.10. The first-order valence-electron chi connectivity index (χ1n) is 6.42. The number of hydrogen-bond donors (Lipinski definition) is 1. The van der Waals surface area contributed by atoms with E-state index in [1.165, 1.54) is 4.88 Å². The lowest BCUT2D eigenvalue weighted by molar-refractivity contribution is 0.317. The molecule has 0 saturated carbocycles. The molecule has 1 heterocycles. The predicted octanol–water partition coefficient (Wildman–Crippen LogP) is 5.47. The summed E-state index contributed by atoms with van der Waals surface area (Å²) in [7, 11) is 0. The molecule has 1 N–H and O–H groups in total. The van der Waals surface area contributed by atoms with E-state index in [0.717, 1.165) is 28.9 Å². The highest BCUT2D eigenvalue weighted by Crippen LogP contribution is 2.28. The van der Waals surface area contributed by atoms with Crippen molar-refractivity contribution in [3.05, 3.63) is 45.1 Å². The topological polar surface area (TPSA) is 21.3 Å². The van der Waals surface area contributed by atoms with Crippen molar-refractivity contribution in [2.24, 2.45) is 0 Å². The second kappa shape index (κ2) is 6.96. The molecule has 0 spiro atoms. The zero-order valence-electron chi connectivity index (χ0n) is 11.2. The summed E-state index contributed by atoms with van der Waals surface area (Å²) in [6, 6.07) is 10.6. The maximum atomic E-state index is 5.57. The van der Waals surface area contributed by atoms with Crippen molar-refractivity contribution in [3.63, 3.8) is 0 Å². The third-order valence-electron chi connectivity index (χ3n) is 2.72. The Balaban J connectivity index is 1.95. The summed E-state index contributed by atoms with van der Waals surface area (Å²) < 4.78 is 6.71. The second-order valence-electron chi connectivity index (χ2n) is 4.41. The first-order valence-corrected chi connectivity index (χ1v) is 8.09. The van der Waals surface area contributed by atoms with Gasteiger partial charge in [-0.05, 0) is 59.6 Å². The third-order valence-corrected chi connectivity index (χ3v) is 4.60. The van der Waals surface area contributed by atoms with Crippen LogP contribution in [0.5, 0.6) is 5.75 Å². The van der Waals surface area contributed by atoms with Gasteiger partial charge in [0.2, 0.25) is 0 Å². The molecular formula is C15H18BrNOS. The van der Waals surface area contributed by atoms with E-state index in [1.807, 2.05) is 12.1 Å². The number of thiophene rings is 1. The number of halogens is 1. The quantitative estimate of drug-likeness (QED) is 0.753. The third kappa shape index (κ3) is 4.25. The smallest absolute Gasteiger partial charge is 0.119 e. The van der Waals surface area contributed by atoms with E-state index in [4.69, 9.17) is 4.74 Å². The van der Waals surface area contributed by atoms with Gasteiger partial charge in [0.05, 0.1) is 12.6 Å². The summed E-state index contributed by atoms with van der Waals surface area (Å²) in [5.74, 6) is 0.930. The van der Waals surface area contributed by atoms with Crippen molar-refractivity contribution in [2.45, 2.75) is 26.3 Å². The van der Waals surface area contributed by atoms with Gasteiger partial charge in [-0.1, -0.05) is 6.92 Å². The summed E-state index contributed by atoms with van der Waals surface area (Å²) >= 11 is 5.24. The molecule has 102 valence electrons. The zero-order chi connectivity index (χ0) is 13.7. The van der Waals surface area contributed by atoms with Gasteiger partial charge >= 0.3 is 0 Å². The molecule has 0 aliphatic heterocycles. The van der Waals surface area contributed by atoms with Crippen molar-refractivity contribution in [3.8, 4) is 5.75 Å². The van der Waals surface area contributed by atoms with Crippen molar-refractivity contribution in [1.82, 2.24) is 0 Å². The van der Waals surface area contributed by atoms with Crippen LogP contribution < -0.4 is 10.1 Å². The molecular weight excluding hydrogens is 322 g/mol. The van der Waals surface area contributed by atoms with Crippen LogP contribution in [0.25, 0.3) is 0 Å². The Morgan fingerprint density at radius 1 is 1.32 bits per heavy atom. The molecule has 0 aliphatic rings. The largest absolute Gasteiger partial charge is 0.494 e. The van der Waals surface area contributed by atoms with Gasteiger partial charge < -0.3 is 10.1 Å². The van der Waals surface area contributed by atoms with E-state index >= 15 is 0 Å². The predicted molar refractivity (Wildman–Crippen MR) is 86.3 cm³/mol. The fourth-order valence-electron chi connectivity index (χ4n) is 1.74. The molecule has 0 aliphatic carbocycles. The number of nitrogens with one attached hydrogen (secondary N) is 1. The Morgan fingerprint density at radius 2 is 2.05 bits per heavy atom. The van der Waals surface area contributed by atoms with Crippen molar-refractivity contribution in [1.29, 1.82) is 0 Å². The molecule has 0 radical (unpaired) electrons. The molecule has 1 atom stereocenters. The van der Waals surface area contributed by atoms with E-state index < -0.39 is 0 Å². The summed E-state index contributed by atoms with van der Waals surface area (Å²) in [6.45, 7) is 5.04. The van der Waals surface area contributed by atoms with E-state index in [0.29, 0.717) is 6.04 Å². The normalized spacial score (nSPS) is 12.2. The summed E-state index contributed by atoms with van der Waals surface area (Å²) in [5, 5.41) is 5.60. The fraction of sp³-hybridized carbons (Fsp3) is 0.333. The minimum absolute atomic E-state index is 0.304. The van der Waals surface area contributed by atoms with Gasteiger partial charge in [-0.15, -0.1) is 11.3 Å². The average Bonchev–Trinajstić information content (AvgIpc) is 2.85. The van der Waals surface area contributed by atoms with Gasteiger partial charge in [0.25, 0.3) is 0 Å². The molecule has 19 heavy (non-hydrogen) atoms. The van der Waals surface area contributed by atoms with Gasteiger partial charge in [-0.2, -0.15) is 0 Å². The summed E-state index contributed by atoms with van der Waals surface area (Å²) in [4.78, 5) is 1.32. The zero-order valence-corrected chi connectivity index (χ0v) is 13.6. The molecule has 0 fully saturated rings. The van der Waals surface area contributed by atoms with Crippen LogP contribution in [0, 0.1) is 0 Å². The van der Waals surface area contributed by atoms with Crippen LogP contribution in [0.15, 0.2) is 40.2 Å². The lowest BCUT2D eigenvalue weighted by Crippen LogP contribution is -2.04. The van der Waals surface area contributed by atoms with Crippen LogP contribution in [0.2, 0.25) is 0 Å². The molecule has 2 aromatic rings. The first-order chi connectivity index (χ1) is 9.19. The van der Waals surface area contributed by atoms with Crippen molar-refractivity contribution in [2.75, 3.05) is 11.9 Å². The van der Waals surface area contributed by atoms with E-state index in [1.54, 1.807) is 11.3 Å². The van der Waals surface area contributed by atoms with Crippen LogP contribution in [-0.2, 0) is 0 Å². The minimum atomic E-state index is 0.304. The number of hydrogen-bond acceptors (Lipinski definition) is 3. The fourth-order valence-corrected chi connectivity index (χ4v) is 3.20. The maximum absolute atomic E-state index is 5.57. The molecule has 2 nitrogen and oxygen atoms in total. The van der Waals surface area contributed by atoms with Crippen LogP contribution >= 0.6 is 27.3 Å². The average molecular weight is 340 g/mol. The number of ether oxygens (including phenoxy) is 1. The minimum Gasteiger partial charge on any atom is -0.494 e. The molecule has 0 bridgehead atoms. The number of benzene rings is 1. The van der Waals surface area contributed by atoms with Crippen molar-refractivity contribution < 1.29 is 4.74 Å². The lowest BCUT2D eigenvalue weighted by Gasteiger charge is -2.14. The molecule has 1 aromatic carbocycles. The van der Waals surface area contributed by atoms with Crippen LogP contribution in [-0.4, -0.2) is 6.61 Å². The Morgan fingerprint density at radius 3 is 2.63 bits per heavy atom. The van der Waals surface area contributed by atoms with Gasteiger partial charge in [0.15, 0.2) is 0 Å². The Hall–Kier alpha value is -1.00. The Kier molecular flexibility index (Phi) is 5.28.